The van der Waals surface area contributed by atoms with E-state index >= 15 is 0 Å². The van der Waals surface area contributed by atoms with Gasteiger partial charge in [-0.25, -0.2) is 9.78 Å². The third kappa shape index (κ3) is 4.91. The highest BCUT2D eigenvalue weighted by atomic mass is 35.5. The lowest BCUT2D eigenvalue weighted by molar-refractivity contribution is 0.194. The molecule has 3 rings (SSSR count). The molecule has 2 aromatic carbocycles. The third-order valence-electron chi connectivity index (χ3n) is 4.79. The summed E-state index contributed by atoms with van der Waals surface area (Å²) in [6.07, 6.45) is -1.06. The molecule has 1 amide bonds. The molecule has 0 aliphatic rings. The summed E-state index contributed by atoms with van der Waals surface area (Å²) in [5.74, 6) is 1.19. The standard InChI is InChI=1S/C21H24Cl2N4O3/c1-3-26(4-2)17-7-5-6-16-20(17)27(11-10-24-21(28)29)19(25-16)13-30-18-9-8-14(22)12-15(18)23/h5-9,12,24H,3-4,10-11,13H2,1-2H3,(H,28,29). The van der Waals surface area contributed by atoms with Crippen LogP contribution in [-0.4, -0.2) is 40.4 Å². The second-order valence-electron chi connectivity index (χ2n) is 6.59. The molecular formula is C21H24Cl2N4O3. The minimum Gasteiger partial charge on any atom is -0.484 e. The topological polar surface area (TPSA) is 79.6 Å². The van der Waals surface area contributed by atoms with Crippen LogP contribution >= 0.6 is 23.2 Å². The van der Waals surface area contributed by atoms with Gasteiger partial charge in [0.1, 0.15) is 18.2 Å². The number of fused-ring (bicyclic) bond motifs is 1. The molecule has 0 saturated carbocycles. The van der Waals surface area contributed by atoms with Crippen LogP contribution in [0.15, 0.2) is 36.4 Å². The van der Waals surface area contributed by atoms with Crippen molar-refractivity contribution >= 4 is 46.0 Å². The van der Waals surface area contributed by atoms with Gasteiger partial charge in [0.05, 0.1) is 21.7 Å². The first-order valence-corrected chi connectivity index (χ1v) is 10.5. The number of para-hydroxylation sites is 1. The molecule has 1 aromatic heterocycles. The van der Waals surface area contributed by atoms with Gasteiger partial charge in [-0.2, -0.15) is 0 Å². The van der Waals surface area contributed by atoms with Crippen LogP contribution in [0.25, 0.3) is 11.0 Å². The van der Waals surface area contributed by atoms with Crippen LogP contribution in [0, 0.1) is 0 Å². The fourth-order valence-electron chi connectivity index (χ4n) is 3.39. The predicted octanol–water partition coefficient (Wildman–Crippen LogP) is 5.04. The summed E-state index contributed by atoms with van der Waals surface area (Å²) in [6, 6.07) is 11.0. The van der Waals surface area contributed by atoms with E-state index in [-0.39, 0.29) is 13.2 Å². The van der Waals surface area contributed by atoms with E-state index < -0.39 is 6.09 Å². The Morgan fingerprint density at radius 3 is 2.67 bits per heavy atom. The molecule has 0 saturated heterocycles. The molecule has 9 heteroatoms. The number of halogens is 2. The van der Waals surface area contributed by atoms with E-state index in [4.69, 9.17) is 38.0 Å². The van der Waals surface area contributed by atoms with Crippen LogP contribution in [-0.2, 0) is 13.2 Å². The summed E-state index contributed by atoms with van der Waals surface area (Å²) < 4.78 is 7.91. The first-order valence-electron chi connectivity index (χ1n) is 9.72. The normalized spacial score (nSPS) is 10.9. The molecule has 1 heterocycles. The number of benzene rings is 2. The fourth-order valence-corrected chi connectivity index (χ4v) is 3.86. The van der Waals surface area contributed by atoms with Crippen molar-refractivity contribution in [3.8, 4) is 5.75 Å². The Hall–Kier alpha value is -2.64. The monoisotopic (exact) mass is 450 g/mol. The highest BCUT2D eigenvalue weighted by molar-refractivity contribution is 6.35. The van der Waals surface area contributed by atoms with Crippen LogP contribution < -0.4 is 15.0 Å². The maximum atomic E-state index is 10.9. The molecule has 0 radical (unpaired) electrons. The quantitative estimate of drug-likeness (QED) is 0.477. The number of amides is 1. The van der Waals surface area contributed by atoms with Crippen LogP contribution in [0.5, 0.6) is 5.75 Å². The fraction of sp³-hybridized carbons (Fsp3) is 0.333. The molecule has 0 aliphatic carbocycles. The lowest BCUT2D eigenvalue weighted by atomic mass is 10.2. The highest BCUT2D eigenvalue weighted by Crippen LogP contribution is 2.30. The average Bonchev–Trinajstić information content (AvgIpc) is 3.06. The van der Waals surface area contributed by atoms with E-state index in [2.05, 4.69) is 30.1 Å². The first kappa shape index (κ1) is 22.1. The Morgan fingerprint density at radius 1 is 1.23 bits per heavy atom. The Bertz CT molecular complexity index is 1030. The number of ether oxygens (including phenoxy) is 1. The van der Waals surface area contributed by atoms with Gasteiger partial charge in [-0.1, -0.05) is 29.3 Å². The molecule has 0 fully saturated rings. The zero-order valence-electron chi connectivity index (χ0n) is 16.9. The van der Waals surface area contributed by atoms with Crippen molar-refractivity contribution in [2.24, 2.45) is 0 Å². The Kier molecular flexibility index (Phi) is 7.29. The number of aromatic nitrogens is 2. The number of hydrogen-bond donors (Lipinski definition) is 2. The molecule has 0 unspecified atom stereocenters. The number of carboxylic acid groups (broad SMARTS) is 1. The molecule has 0 atom stereocenters. The molecule has 0 bridgehead atoms. The highest BCUT2D eigenvalue weighted by Gasteiger charge is 2.17. The number of nitrogens with one attached hydrogen (secondary N) is 1. The average molecular weight is 451 g/mol. The van der Waals surface area contributed by atoms with Gasteiger partial charge in [0.2, 0.25) is 0 Å². The molecule has 2 N–H and O–H groups in total. The van der Waals surface area contributed by atoms with Gasteiger partial charge < -0.3 is 24.6 Å². The predicted molar refractivity (Wildman–Crippen MR) is 120 cm³/mol. The Labute approximate surface area is 185 Å². The third-order valence-corrected chi connectivity index (χ3v) is 5.32. The van der Waals surface area contributed by atoms with E-state index in [0.717, 1.165) is 29.8 Å². The number of anilines is 1. The largest absolute Gasteiger partial charge is 0.484 e. The first-order chi connectivity index (χ1) is 14.4. The maximum Gasteiger partial charge on any atom is 0.404 e. The zero-order chi connectivity index (χ0) is 21.7. The molecule has 3 aromatic rings. The van der Waals surface area contributed by atoms with Gasteiger partial charge in [0.25, 0.3) is 0 Å². The van der Waals surface area contributed by atoms with E-state index in [1.54, 1.807) is 18.2 Å². The van der Waals surface area contributed by atoms with Crippen LogP contribution in [0.2, 0.25) is 10.0 Å². The second-order valence-corrected chi connectivity index (χ2v) is 7.44. The Balaban J connectivity index is 1.99. The van der Waals surface area contributed by atoms with Crippen LogP contribution in [0.3, 0.4) is 0 Å². The Morgan fingerprint density at radius 2 is 2.00 bits per heavy atom. The summed E-state index contributed by atoms with van der Waals surface area (Å²) in [6.45, 7) is 6.75. The molecular weight excluding hydrogens is 427 g/mol. The zero-order valence-corrected chi connectivity index (χ0v) is 18.4. The van der Waals surface area contributed by atoms with E-state index in [0.29, 0.717) is 28.2 Å². The van der Waals surface area contributed by atoms with Crippen LogP contribution in [0.1, 0.15) is 19.7 Å². The molecule has 7 nitrogen and oxygen atoms in total. The van der Waals surface area contributed by atoms with Gasteiger partial charge in [0, 0.05) is 31.2 Å². The minimum absolute atomic E-state index is 0.181. The van der Waals surface area contributed by atoms with Gasteiger partial charge in [-0.15, -0.1) is 0 Å². The summed E-state index contributed by atoms with van der Waals surface area (Å²) in [4.78, 5) is 17.9. The van der Waals surface area contributed by atoms with Gasteiger partial charge >= 0.3 is 6.09 Å². The maximum absolute atomic E-state index is 10.9. The number of carbonyl (C=O) groups is 1. The smallest absolute Gasteiger partial charge is 0.404 e. The molecule has 0 spiro atoms. The summed E-state index contributed by atoms with van der Waals surface area (Å²) >= 11 is 12.2. The lowest BCUT2D eigenvalue weighted by Crippen LogP contribution is -2.27. The van der Waals surface area contributed by atoms with Gasteiger partial charge in [-0.3, -0.25) is 0 Å². The molecule has 0 aliphatic heterocycles. The number of nitrogens with zero attached hydrogens (tertiary/aromatic N) is 3. The second kappa shape index (κ2) is 9.91. The van der Waals surface area contributed by atoms with Crippen molar-refractivity contribution in [3.63, 3.8) is 0 Å². The van der Waals surface area contributed by atoms with Crippen molar-refractivity contribution in [2.45, 2.75) is 27.0 Å². The van der Waals surface area contributed by atoms with Crippen LogP contribution in [0.4, 0.5) is 10.5 Å². The molecule has 30 heavy (non-hydrogen) atoms. The van der Waals surface area contributed by atoms with Gasteiger partial charge in [-0.05, 0) is 44.2 Å². The van der Waals surface area contributed by atoms with E-state index in [1.165, 1.54) is 0 Å². The number of imidazole rings is 1. The van der Waals surface area contributed by atoms with Crippen molar-refractivity contribution < 1.29 is 14.6 Å². The number of hydrogen-bond acceptors (Lipinski definition) is 4. The number of rotatable bonds is 9. The van der Waals surface area contributed by atoms with Crippen molar-refractivity contribution in [3.05, 3.63) is 52.3 Å². The van der Waals surface area contributed by atoms with E-state index in [1.807, 2.05) is 16.7 Å². The summed E-state index contributed by atoms with van der Waals surface area (Å²) in [5.41, 5.74) is 2.83. The minimum atomic E-state index is -1.06. The van der Waals surface area contributed by atoms with Crippen molar-refractivity contribution in [1.29, 1.82) is 0 Å². The van der Waals surface area contributed by atoms with E-state index in [9.17, 15) is 4.79 Å². The van der Waals surface area contributed by atoms with Gasteiger partial charge in [0.15, 0.2) is 0 Å². The molecule has 160 valence electrons. The lowest BCUT2D eigenvalue weighted by Gasteiger charge is -2.23. The van der Waals surface area contributed by atoms with Crippen molar-refractivity contribution in [2.75, 3.05) is 24.5 Å². The van der Waals surface area contributed by atoms with Crippen molar-refractivity contribution in [1.82, 2.24) is 14.9 Å². The summed E-state index contributed by atoms with van der Waals surface area (Å²) in [7, 11) is 0. The summed E-state index contributed by atoms with van der Waals surface area (Å²) in [5, 5.41) is 12.3. The SMILES string of the molecule is CCN(CC)c1cccc2nc(COc3ccc(Cl)cc3Cl)n(CCNC(=O)O)c12.